The topological polar surface area (TPSA) is 12.5 Å². The molecule has 2 saturated heterocycles. The summed E-state index contributed by atoms with van der Waals surface area (Å²) in [6, 6.07) is 0. The second-order valence-corrected chi connectivity index (χ2v) is 5.26. The predicted molar refractivity (Wildman–Crippen MR) is 47.9 cm³/mol. The van der Waals surface area contributed by atoms with Crippen molar-refractivity contribution in [1.82, 2.24) is 0 Å². The number of hydrogen-bond acceptors (Lipinski definition) is 3. The van der Waals surface area contributed by atoms with Crippen molar-refractivity contribution in [3.05, 3.63) is 0 Å². The van der Waals surface area contributed by atoms with Crippen molar-refractivity contribution in [2.75, 3.05) is 23.9 Å². The van der Waals surface area contributed by atoms with Gasteiger partial charge in [0.1, 0.15) is 0 Å². The maximum atomic E-state index is 5.11. The lowest BCUT2D eigenvalue weighted by Gasteiger charge is -1.94. The Morgan fingerprint density at radius 3 is 3.00 bits per heavy atom. The summed E-state index contributed by atoms with van der Waals surface area (Å²) in [6.07, 6.45) is 2.04. The molecule has 0 N–H and O–H groups in total. The molecule has 2 aliphatic rings. The molecular formula is C7H12OS2. The first-order chi connectivity index (χ1) is 4.95. The smallest absolute Gasteiger partial charge is 0.0900 e. The van der Waals surface area contributed by atoms with Crippen molar-refractivity contribution in [2.24, 2.45) is 0 Å². The van der Waals surface area contributed by atoms with Gasteiger partial charge in [0, 0.05) is 16.8 Å². The van der Waals surface area contributed by atoms with E-state index in [4.69, 9.17) is 4.74 Å². The lowest BCUT2D eigenvalue weighted by molar-refractivity contribution is 0.426. The van der Waals surface area contributed by atoms with E-state index in [0.29, 0.717) is 6.10 Å². The van der Waals surface area contributed by atoms with Crippen LogP contribution in [0.2, 0.25) is 0 Å². The second kappa shape index (κ2) is 3.37. The van der Waals surface area contributed by atoms with Gasteiger partial charge in [-0.15, -0.1) is 0 Å². The van der Waals surface area contributed by atoms with Crippen LogP contribution in [0, 0.1) is 0 Å². The minimum absolute atomic E-state index is 0.622. The lowest BCUT2D eigenvalue weighted by atomic mass is 10.4. The molecule has 0 aliphatic carbocycles. The Kier molecular flexibility index (Phi) is 2.47. The Labute approximate surface area is 70.3 Å². The zero-order chi connectivity index (χ0) is 6.81. The van der Waals surface area contributed by atoms with Crippen LogP contribution < -0.4 is 0 Å². The maximum Gasteiger partial charge on any atom is 0.0900 e. The molecule has 3 heteroatoms. The standard InChI is InChI=1S/C7H12OS2/c1(7-5-10-7)2-9-4-6-3-8-6/h6-7H,1-5H2. The molecule has 0 aromatic heterocycles. The Morgan fingerprint density at radius 1 is 1.60 bits per heavy atom. The van der Waals surface area contributed by atoms with Gasteiger partial charge < -0.3 is 4.74 Å². The molecule has 2 unspecified atom stereocenters. The maximum absolute atomic E-state index is 5.11. The Bertz CT molecular complexity index is 96.2. The molecule has 2 aliphatic heterocycles. The first-order valence-electron chi connectivity index (χ1n) is 3.76. The van der Waals surface area contributed by atoms with Crippen LogP contribution in [-0.2, 0) is 4.74 Å². The van der Waals surface area contributed by atoms with Crippen LogP contribution in [0.1, 0.15) is 6.42 Å². The van der Waals surface area contributed by atoms with E-state index in [0.717, 1.165) is 11.9 Å². The molecule has 1 nitrogen and oxygen atoms in total. The molecule has 0 aromatic rings. The Balaban J connectivity index is 1.40. The molecule has 10 heavy (non-hydrogen) atoms. The van der Waals surface area contributed by atoms with E-state index in [1.807, 2.05) is 0 Å². The minimum atomic E-state index is 0.622. The molecular weight excluding hydrogens is 164 g/mol. The van der Waals surface area contributed by atoms with Gasteiger partial charge in [-0.2, -0.15) is 23.5 Å². The molecule has 0 amide bonds. The molecule has 0 radical (unpaired) electrons. The van der Waals surface area contributed by atoms with Gasteiger partial charge in [0.25, 0.3) is 0 Å². The van der Waals surface area contributed by atoms with Gasteiger partial charge in [0.2, 0.25) is 0 Å². The molecule has 0 spiro atoms. The molecule has 2 atom stereocenters. The summed E-state index contributed by atoms with van der Waals surface area (Å²) in [5.74, 6) is 4.00. The normalized spacial score (nSPS) is 36.0. The number of ether oxygens (including phenoxy) is 1. The zero-order valence-electron chi connectivity index (χ0n) is 5.91. The van der Waals surface area contributed by atoms with Crippen LogP contribution in [0.25, 0.3) is 0 Å². The van der Waals surface area contributed by atoms with Crippen molar-refractivity contribution in [3.8, 4) is 0 Å². The highest BCUT2D eigenvalue weighted by Gasteiger charge is 2.24. The van der Waals surface area contributed by atoms with Crippen LogP contribution in [0.15, 0.2) is 0 Å². The van der Waals surface area contributed by atoms with E-state index in [1.165, 1.54) is 23.7 Å². The van der Waals surface area contributed by atoms with E-state index >= 15 is 0 Å². The van der Waals surface area contributed by atoms with Gasteiger partial charge in [-0.3, -0.25) is 0 Å². The van der Waals surface area contributed by atoms with Gasteiger partial charge >= 0.3 is 0 Å². The van der Waals surface area contributed by atoms with Crippen molar-refractivity contribution >= 4 is 23.5 Å². The number of rotatable bonds is 5. The van der Waals surface area contributed by atoms with Gasteiger partial charge in [-0.25, -0.2) is 0 Å². The van der Waals surface area contributed by atoms with E-state index in [1.54, 1.807) is 0 Å². The van der Waals surface area contributed by atoms with Gasteiger partial charge in [-0.1, -0.05) is 0 Å². The first-order valence-corrected chi connectivity index (χ1v) is 5.96. The van der Waals surface area contributed by atoms with E-state index < -0.39 is 0 Å². The van der Waals surface area contributed by atoms with Gasteiger partial charge in [-0.05, 0) is 12.2 Å². The third kappa shape index (κ3) is 2.72. The Morgan fingerprint density at radius 2 is 2.40 bits per heavy atom. The molecule has 0 saturated carbocycles. The third-order valence-corrected chi connectivity index (χ3v) is 3.86. The summed E-state index contributed by atoms with van der Waals surface area (Å²) in [5.41, 5.74) is 0. The quantitative estimate of drug-likeness (QED) is 0.466. The van der Waals surface area contributed by atoms with Crippen molar-refractivity contribution in [3.63, 3.8) is 0 Å². The predicted octanol–water partition coefficient (Wildman–Crippen LogP) is 1.62. The SMILES string of the molecule is C(CC1CS1)SCC1CO1. The lowest BCUT2D eigenvalue weighted by Crippen LogP contribution is -1.93. The third-order valence-electron chi connectivity index (χ3n) is 1.69. The fourth-order valence-electron chi connectivity index (χ4n) is 0.829. The van der Waals surface area contributed by atoms with Crippen molar-refractivity contribution in [2.45, 2.75) is 17.8 Å². The molecule has 58 valence electrons. The van der Waals surface area contributed by atoms with Crippen LogP contribution in [0.4, 0.5) is 0 Å². The van der Waals surface area contributed by atoms with Gasteiger partial charge in [0.05, 0.1) is 12.7 Å². The minimum Gasteiger partial charge on any atom is -0.372 e. The highest BCUT2D eigenvalue weighted by molar-refractivity contribution is 8.07. The zero-order valence-corrected chi connectivity index (χ0v) is 7.55. The van der Waals surface area contributed by atoms with Crippen LogP contribution >= 0.6 is 23.5 Å². The van der Waals surface area contributed by atoms with E-state index in [2.05, 4.69) is 23.5 Å². The molecule has 2 heterocycles. The van der Waals surface area contributed by atoms with Crippen LogP contribution in [0.5, 0.6) is 0 Å². The molecule has 0 bridgehead atoms. The monoisotopic (exact) mass is 176 g/mol. The summed E-state index contributed by atoms with van der Waals surface area (Å²) in [7, 11) is 0. The average molecular weight is 176 g/mol. The van der Waals surface area contributed by atoms with Crippen LogP contribution in [-0.4, -0.2) is 35.2 Å². The fraction of sp³-hybridized carbons (Fsp3) is 1.00. The largest absolute Gasteiger partial charge is 0.372 e. The highest BCUT2D eigenvalue weighted by Crippen LogP contribution is 2.34. The molecule has 2 fully saturated rings. The number of hydrogen-bond donors (Lipinski definition) is 0. The summed E-state index contributed by atoms with van der Waals surface area (Å²) in [6.45, 7) is 1.02. The van der Waals surface area contributed by atoms with Crippen molar-refractivity contribution in [1.29, 1.82) is 0 Å². The molecule has 0 aromatic carbocycles. The fourth-order valence-corrected chi connectivity index (χ4v) is 2.64. The van der Waals surface area contributed by atoms with Gasteiger partial charge in [0.15, 0.2) is 0 Å². The average Bonchev–Trinajstić information content (AvgIpc) is 2.77. The first kappa shape index (κ1) is 7.32. The van der Waals surface area contributed by atoms with Crippen LogP contribution in [0.3, 0.4) is 0 Å². The van der Waals surface area contributed by atoms with E-state index in [9.17, 15) is 0 Å². The highest BCUT2D eigenvalue weighted by atomic mass is 32.2. The van der Waals surface area contributed by atoms with E-state index in [-0.39, 0.29) is 0 Å². The summed E-state index contributed by atoms with van der Waals surface area (Å²) >= 11 is 4.15. The summed E-state index contributed by atoms with van der Waals surface area (Å²) < 4.78 is 5.11. The number of thioether (sulfide) groups is 2. The Hall–Kier alpha value is 0.660. The summed E-state index contributed by atoms with van der Waals surface area (Å²) in [5, 5.41) is 1.02. The van der Waals surface area contributed by atoms with Crippen molar-refractivity contribution < 1.29 is 4.74 Å². The second-order valence-electron chi connectivity index (χ2n) is 2.77. The molecule has 2 rings (SSSR count). The number of epoxide rings is 1. The summed E-state index contributed by atoms with van der Waals surface area (Å²) in [4.78, 5) is 0.